The second kappa shape index (κ2) is 5.58. The summed E-state index contributed by atoms with van der Waals surface area (Å²) >= 11 is 0. The minimum absolute atomic E-state index is 0.301. The Hall–Kier alpha value is -3.55. The average Bonchev–Trinajstić information content (AvgIpc) is 3.24. The first-order valence-electron chi connectivity index (χ1n) is 7.22. The first-order chi connectivity index (χ1) is 11.7. The number of carbonyl (C=O) groups is 1. The van der Waals surface area contributed by atoms with Crippen molar-refractivity contribution in [3.63, 3.8) is 0 Å². The minimum Gasteiger partial charge on any atom is -0.334 e. The van der Waals surface area contributed by atoms with E-state index in [1.54, 1.807) is 54.2 Å². The van der Waals surface area contributed by atoms with Gasteiger partial charge < -0.3 is 9.84 Å². The number of hydrogen-bond acceptors (Lipinski definition) is 6. The number of amides is 1. The van der Waals surface area contributed by atoms with Gasteiger partial charge in [0.25, 0.3) is 11.8 Å². The number of anilines is 1. The lowest BCUT2D eigenvalue weighted by Gasteiger charge is -2.09. The van der Waals surface area contributed by atoms with Crippen molar-refractivity contribution in [3.8, 4) is 11.5 Å². The van der Waals surface area contributed by atoms with Gasteiger partial charge in [-0.25, -0.2) is 4.98 Å². The molecule has 0 saturated heterocycles. The van der Waals surface area contributed by atoms with Crippen LogP contribution in [0.25, 0.3) is 17.1 Å². The fourth-order valence-electron chi connectivity index (χ4n) is 2.39. The van der Waals surface area contributed by atoms with Crippen LogP contribution in [0.1, 0.15) is 16.2 Å². The molecule has 24 heavy (non-hydrogen) atoms. The molecule has 0 bridgehead atoms. The first-order valence-corrected chi connectivity index (χ1v) is 7.22. The Kier molecular flexibility index (Phi) is 3.27. The maximum atomic E-state index is 12.7. The minimum atomic E-state index is -0.301. The summed E-state index contributed by atoms with van der Waals surface area (Å²) in [6, 6.07) is 10.5. The summed E-state index contributed by atoms with van der Waals surface area (Å²) in [6.45, 7) is 1.72. The summed E-state index contributed by atoms with van der Waals surface area (Å²) in [5, 5.41) is 10.8. The maximum absolute atomic E-state index is 12.7. The number of aryl methyl sites for hydroxylation is 1. The largest absolute Gasteiger partial charge is 0.334 e. The van der Waals surface area contributed by atoms with E-state index >= 15 is 0 Å². The summed E-state index contributed by atoms with van der Waals surface area (Å²) in [5.41, 5.74) is 1.65. The van der Waals surface area contributed by atoms with Crippen LogP contribution in [-0.4, -0.2) is 30.6 Å². The second-order valence-corrected chi connectivity index (χ2v) is 5.08. The van der Waals surface area contributed by atoms with Gasteiger partial charge in [-0.05, 0) is 25.1 Å². The lowest BCUT2D eigenvalue weighted by molar-refractivity contribution is 0.102. The highest BCUT2D eigenvalue weighted by atomic mass is 16.5. The van der Waals surface area contributed by atoms with Gasteiger partial charge in [-0.15, -0.1) is 0 Å². The van der Waals surface area contributed by atoms with Crippen molar-refractivity contribution in [1.82, 2.24) is 24.7 Å². The van der Waals surface area contributed by atoms with Crippen molar-refractivity contribution in [2.75, 3.05) is 5.32 Å². The van der Waals surface area contributed by atoms with Crippen molar-refractivity contribution in [2.24, 2.45) is 0 Å². The van der Waals surface area contributed by atoms with Crippen LogP contribution in [0.2, 0.25) is 0 Å². The Balaban J connectivity index is 1.72. The van der Waals surface area contributed by atoms with E-state index in [0.717, 1.165) is 0 Å². The molecule has 8 nitrogen and oxygen atoms in total. The van der Waals surface area contributed by atoms with Crippen LogP contribution in [-0.2, 0) is 0 Å². The summed E-state index contributed by atoms with van der Waals surface area (Å²) in [4.78, 5) is 21.1. The Morgan fingerprint density at radius 3 is 2.88 bits per heavy atom. The Morgan fingerprint density at radius 1 is 1.17 bits per heavy atom. The highest BCUT2D eigenvalue weighted by Gasteiger charge is 2.17. The summed E-state index contributed by atoms with van der Waals surface area (Å²) in [5.74, 6) is 1.03. The molecule has 0 saturated carbocycles. The molecule has 0 radical (unpaired) electrons. The van der Waals surface area contributed by atoms with Gasteiger partial charge in [-0.3, -0.25) is 4.79 Å². The van der Waals surface area contributed by atoms with Gasteiger partial charge in [0.1, 0.15) is 5.82 Å². The summed E-state index contributed by atoms with van der Waals surface area (Å²) < 4.78 is 6.73. The maximum Gasteiger partial charge on any atom is 0.258 e. The molecule has 0 fully saturated rings. The van der Waals surface area contributed by atoms with Crippen LogP contribution in [0.5, 0.6) is 0 Å². The van der Waals surface area contributed by atoms with Gasteiger partial charge in [0, 0.05) is 12.3 Å². The molecule has 1 amide bonds. The first kappa shape index (κ1) is 14.1. The molecule has 0 spiro atoms. The number of fused-ring (bicyclic) bond motifs is 1. The van der Waals surface area contributed by atoms with Crippen molar-refractivity contribution in [1.29, 1.82) is 0 Å². The summed E-state index contributed by atoms with van der Waals surface area (Å²) in [6.07, 6.45) is 3.23. The standard InChI is InChI=1S/C16H12N6O2/c1-10-19-16(24-21-10)12-5-3-2-4-11(12)15(23)20-14-6-8-17-13-7-9-18-22(13)14/h2-9H,1H3,(H,20,23). The lowest BCUT2D eigenvalue weighted by Crippen LogP contribution is -2.16. The van der Waals surface area contributed by atoms with E-state index < -0.39 is 0 Å². The molecular formula is C16H12N6O2. The van der Waals surface area contributed by atoms with Crippen molar-refractivity contribution < 1.29 is 9.32 Å². The monoisotopic (exact) mass is 320 g/mol. The molecule has 3 heterocycles. The zero-order valence-corrected chi connectivity index (χ0v) is 12.7. The van der Waals surface area contributed by atoms with Crippen LogP contribution in [0.15, 0.2) is 53.3 Å². The van der Waals surface area contributed by atoms with Crippen LogP contribution in [0.4, 0.5) is 5.82 Å². The predicted molar refractivity (Wildman–Crippen MR) is 85.4 cm³/mol. The quantitative estimate of drug-likeness (QED) is 0.622. The van der Waals surface area contributed by atoms with Crippen molar-refractivity contribution in [2.45, 2.75) is 6.92 Å². The highest BCUT2D eigenvalue weighted by Crippen LogP contribution is 2.23. The highest BCUT2D eigenvalue weighted by molar-refractivity contribution is 6.07. The van der Waals surface area contributed by atoms with E-state index in [9.17, 15) is 4.79 Å². The number of nitrogens with zero attached hydrogens (tertiary/aromatic N) is 5. The molecule has 8 heteroatoms. The Morgan fingerprint density at radius 2 is 2.04 bits per heavy atom. The van der Waals surface area contributed by atoms with Gasteiger partial charge in [0.05, 0.1) is 17.3 Å². The van der Waals surface area contributed by atoms with Crippen LogP contribution < -0.4 is 5.32 Å². The zero-order valence-electron chi connectivity index (χ0n) is 12.7. The molecule has 0 aliphatic carbocycles. The third-order valence-corrected chi connectivity index (χ3v) is 3.46. The van der Waals surface area contributed by atoms with E-state index in [1.165, 1.54) is 0 Å². The molecule has 4 aromatic rings. The van der Waals surface area contributed by atoms with Crippen molar-refractivity contribution in [3.05, 3.63) is 60.2 Å². The van der Waals surface area contributed by atoms with Gasteiger partial charge >= 0.3 is 0 Å². The van der Waals surface area contributed by atoms with E-state index in [2.05, 4.69) is 25.5 Å². The molecule has 4 rings (SSSR count). The normalized spacial score (nSPS) is 10.9. The molecular weight excluding hydrogens is 308 g/mol. The van der Waals surface area contributed by atoms with Gasteiger partial charge in [-0.2, -0.15) is 14.6 Å². The molecule has 0 unspecified atom stereocenters. The molecule has 0 aliphatic heterocycles. The fraction of sp³-hybridized carbons (Fsp3) is 0.0625. The molecule has 3 aromatic heterocycles. The van der Waals surface area contributed by atoms with Crippen molar-refractivity contribution >= 4 is 17.4 Å². The number of carbonyl (C=O) groups excluding carboxylic acids is 1. The van der Waals surface area contributed by atoms with E-state index in [-0.39, 0.29) is 5.91 Å². The van der Waals surface area contributed by atoms with Crippen LogP contribution in [0.3, 0.4) is 0 Å². The lowest BCUT2D eigenvalue weighted by atomic mass is 10.1. The average molecular weight is 320 g/mol. The Bertz CT molecular complexity index is 1040. The van der Waals surface area contributed by atoms with E-state index in [0.29, 0.717) is 34.3 Å². The topological polar surface area (TPSA) is 98.2 Å². The number of rotatable bonds is 3. The molecule has 1 aromatic carbocycles. The molecule has 0 atom stereocenters. The second-order valence-electron chi connectivity index (χ2n) is 5.08. The number of nitrogens with one attached hydrogen (secondary N) is 1. The zero-order chi connectivity index (χ0) is 16.5. The number of aromatic nitrogens is 5. The van der Waals surface area contributed by atoms with Crippen LogP contribution >= 0.6 is 0 Å². The molecule has 1 N–H and O–H groups in total. The number of hydrogen-bond donors (Lipinski definition) is 1. The van der Waals surface area contributed by atoms with Gasteiger partial charge in [0.2, 0.25) is 0 Å². The van der Waals surface area contributed by atoms with E-state index in [1.807, 2.05) is 6.07 Å². The summed E-state index contributed by atoms with van der Waals surface area (Å²) in [7, 11) is 0. The van der Waals surface area contributed by atoms with Crippen LogP contribution in [0, 0.1) is 6.92 Å². The van der Waals surface area contributed by atoms with Gasteiger partial charge in [-0.1, -0.05) is 17.3 Å². The predicted octanol–water partition coefficient (Wildman–Crippen LogP) is 2.34. The third kappa shape index (κ3) is 2.39. The van der Waals surface area contributed by atoms with E-state index in [4.69, 9.17) is 4.52 Å². The smallest absolute Gasteiger partial charge is 0.258 e. The van der Waals surface area contributed by atoms with Gasteiger partial charge in [0.15, 0.2) is 11.5 Å². The Labute approximate surface area is 136 Å². The third-order valence-electron chi connectivity index (χ3n) is 3.46. The fourth-order valence-corrected chi connectivity index (χ4v) is 2.39. The molecule has 118 valence electrons. The molecule has 0 aliphatic rings. The number of benzene rings is 1. The SMILES string of the molecule is Cc1noc(-c2ccccc2C(=O)Nc2ccnc3ccnn23)n1.